The van der Waals surface area contributed by atoms with Gasteiger partial charge in [-0.2, -0.15) is 4.98 Å². The normalized spacial score (nSPS) is 19.4. The highest BCUT2D eigenvalue weighted by Crippen LogP contribution is 2.41. The number of nitrogens with zero attached hydrogens (tertiary/aromatic N) is 2. The van der Waals surface area contributed by atoms with Crippen LogP contribution in [0, 0.1) is 0 Å². The lowest BCUT2D eigenvalue weighted by molar-refractivity contribution is 0.170. The Balaban J connectivity index is 1.71. The third kappa shape index (κ3) is 2.28. The van der Waals surface area contributed by atoms with Gasteiger partial charge in [-0.3, -0.25) is 0 Å². The highest BCUT2D eigenvalue weighted by molar-refractivity contribution is 9.10. The SMILES string of the molecule is NC1(c2noc(-c3cc(Br)c4c(c3)OCCO4)n2)CCCC1. The molecular formula is C15H16BrN3O3. The van der Waals surface area contributed by atoms with Gasteiger partial charge >= 0.3 is 0 Å². The molecule has 2 heterocycles. The molecule has 1 aromatic heterocycles. The number of hydrogen-bond donors (Lipinski definition) is 1. The zero-order valence-corrected chi connectivity index (χ0v) is 13.6. The number of ether oxygens (including phenoxy) is 2. The topological polar surface area (TPSA) is 83.4 Å². The fourth-order valence-electron chi connectivity index (χ4n) is 3.01. The van der Waals surface area contributed by atoms with Crippen LogP contribution in [0.5, 0.6) is 11.5 Å². The number of benzene rings is 1. The van der Waals surface area contributed by atoms with Gasteiger partial charge in [-0.15, -0.1) is 0 Å². The molecule has 1 aromatic carbocycles. The van der Waals surface area contributed by atoms with Crippen molar-refractivity contribution in [3.63, 3.8) is 0 Å². The fraction of sp³-hybridized carbons (Fsp3) is 0.467. The van der Waals surface area contributed by atoms with Crippen molar-refractivity contribution >= 4 is 15.9 Å². The van der Waals surface area contributed by atoms with Gasteiger partial charge in [0.15, 0.2) is 17.3 Å². The van der Waals surface area contributed by atoms with Crippen LogP contribution in [0.3, 0.4) is 0 Å². The molecule has 1 aliphatic carbocycles. The van der Waals surface area contributed by atoms with Crippen molar-refractivity contribution in [1.82, 2.24) is 10.1 Å². The van der Waals surface area contributed by atoms with Crippen LogP contribution in [-0.2, 0) is 5.54 Å². The van der Waals surface area contributed by atoms with E-state index >= 15 is 0 Å². The molecule has 2 aliphatic rings. The molecule has 0 bridgehead atoms. The molecule has 0 saturated heterocycles. The van der Waals surface area contributed by atoms with E-state index < -0.39 is 5.54 Å². The largest absolute Gasteiger partial charge is 0.486 e. The van der Waals surface area contributed by atoms with E-state index in [0.29, 0.717) is 36.4 Å². The molecule has 2 N–H and O–H groups in total. The van der Waals surface area contributed by atoms with Crippen LogP contribution in [-0.4, -0.2) is 23.4 Å². The third-order valence-electron chi connectivity index (χ3n) is 4.21. The van der Waals surface area contributed by atoms with Crippen molar-refractivity contribution < 1.29 is 14.0 Å². The molecule has 1 saturated carbocycles. The van der Waals surface area contributed by atoms with Crippen LogP contribution < -0.4 is 15.2 Å². The third-order valence-corrected chi connectivity index (χ3v) is 4.80. The van der Waals surface area contributed by atoms with Crippen LogP contribution >= 0.6 is 15.9 Å². The Morgan fingerprint density at radius 2 is 1.91 bits per heavy atom. The van der Waals surface area contributed by atoms with E-state index in [4.69, 9.17) is 19.7 Å². The predicted molar refractivity (Wildman–Crippen MR) is 82.8 cm³/mol. The van der Waals surface area contributed by atoms with Crippen LogP contribution in [0.1, 0.15) is 31.5 Å². The number of nitrogens with two attached hydrogens (primary N) is 1. The summed E-state index contributed by atoms with van der Waals surface area (Å²) in [6, 6.07) is 3.75. The first-order valence-electron chi connectivity index (χ1n) is 7.38. The monoisotopic (exact) mass is 365 g/mol. The molecule has 22 heavy (non-hydrogen) atoms. The van der Waals surface area contributed by atoms with Crippen molar-refractivity contribution in [3.05, 3.63) is 22.4 Å². The fourth-order valence-corrected chi connectivity index (χ4v) is 3.56. The molecule has 0 atom stereocenters. The van der Waals surface area contributed by atoms with Crippen molar-refractivity contribution in [2.24, 2.45) is 5.73 Å². The second-order valence-corrected chi connectivity index (χ2v) is 6.62. The lowest BCUT2D eigenvalue weighted by Gasteiger charge is -2.20. The van der Waals surface area contributed by atoms with E-state index in [1.54, 1.807) is 0 Å². The minimum Gasteiger partial charge on any atom is -0.486 e. The molecule has 0 spiro atoms. The Hall–Kier alpha value is -1.60. The van der Waals surface area contributed by atoms with Gasteiger partial charge in [0.25, 0.3) is 5.89 Å². The maximum absolute atomic E-state index is 6.37. The second-order valence-electron chi connectivity index (χ2n) is 5.77. The van der Waals surface area contributed by atoms with Crippen molar-refractivity contribution in [2.75, 3.05) is 13.2 Å². The zero-order chi connectivity index (χ0) is 15.2. The van der Waals surface area contributed by atoms with Crippen LogP contribution in [0.15, 0.2) is 21.1 Å². The van der Waals surface area contributed by atoms with Crippen molar-refractivity contribution in [1.29, 1.82) is 0 Å². The average Bonchev–Trinajstić information content (AvgIpc) is 3.17. The molecular weight excluding hydrogens is 350 g/mol. The maximum Gasteiger partial charge on any atom is 0.258 e. The molecule has 1 aliphatic heterocycles. The highest BCUT2D eigenvalue weighted by atomic mass is 79.9. The number of fused-ring (bicyclic) bond motifs is 1. The maximum atomic E-state index is 6.37. The lowest BCUT2D eigenvalue weighted by atomic mass is 9.99. The smallest absolute Gasteiger partial charge is 0.258 e. The van der Waals surface area contributed by atoms with Gasteiger partial charge in [-0.1, -0.05) is 18.0 Å². The van der Waals surface area contributed by atoms with Gasteiger partial charge in [0.1, 0.15) is 13.2 Å². The number of rotatable bonds is 2. The van der Waals surface area contributed by atoms with Gasteiger partial charge in [0.05, 0.1) is 10.0 Å². The Labute approximate surface area is 136 Å². The van der Waals surface area contributed by atoms with E-state index in [1.165, 1.54) is 0 Å². The van der Waals surface area contributed by atoms with Gasteiger partial charge in [-0.05, 0) is 40.9 Å². The molecule has 0 unspecified atom stereocenters. The summed E-state index contributed by atoms with van der Waals surface area (Å²) in [5.41, 5.74) is 6.71. The van der Waals surface area contributed by atoms with Crippen LogP contribution in [0.4, 0.5) is 0 Å². The lowest BCUT2D eigenvalue weighted by Crippen LogP contribution is -2.34. The van der Waals surface area contributed by atoms with Gasteiger partial charge in [-0.25, -0.2) is 0 Å². The Morgan fingerprint density at radius 3 is 2.73 bits per heavy atom. The van der Waals surface area contributed by atoms with E-state index in [9.17, 15) is 0 Å². The number of aromatic nitrogens is 2. The zero-order valence-electron chi connectivity index (χ0n) is 12.0. The quantitative estimate of drug-likeness (QED) is 0.880. The summed E-state index contributed by atoms with van der Waals surface area (Å²) in [5, 5.41) is 4.09. The first kappa shape index (κ1) is 14.0. The summed E-state index contributed by atoms with van der Waals surface area (Å²) in [7, 11) is 0. The molecule has 7 heteroatoms. The minimum atomic E-state index is -0.452. The van der Waals surface area contributed by atoms with Gasteiger partial charge in [0, 0.05) is 5.56 Å². The predicted octanol–water partition coefficient (Wildman–Crippen LogP) is 3.00. The summed E-state index contributed by atoms with van der Waals surface area (Å²) >= 11 is 3.49. The molecule has 0 radical (unpaired) electrons. The van der Waals surface area contributed by atoms with E-state index in [0.717, 1.165) is 35.7 Å². The van der Waals surface area contributed by atoms with Crippen molar-refractivity contribution in [3.8, 4) is 23.0 Å². The first-order valence-corrected chi connectivity index (χ1v) is 8.18. The summed E-state index contributed by atoms with van der Waals surface area (Å²) in [6.45, 7) is 1.08. The van der Waals surface area contributed by atoms with Gasteiger partial charge in [0.2, 0.25) is 0 Å². The summed E-state index contributed by atoms with van der Waals surface area (Å²) in [6.07, 6.45) is 4.01. The van der Waals surface area contributed by atoms with E-state index in [-0.39, 0.29) is 0 Å². The summed E-state index contributed by atoms with van der Waals surface area (Å²) in [4.78, 5) is 4.50. The standard InChI is InChI=1S/C15H16BrN3O3/c16-10-7-9(8-11-12(10)21-6-5-20-11)13-18-14(19-22-13)15(17)3-1-2-4-15/h7-8H,1-6,17H2. The summed E-state index contributed by atoms with van der Waals surface area (Å²) < 4.78 is 17.4. The molecule has 6 nitrogen and oxygen atoms in total. The molecule has 4 rings (SSSR count). The average molecular weight is 366 g/mol. The summed E-state index contributed by atoms with van der Waals surface area (Å²) in [5.74, 6) is 2.43. The number of hydrogen-bond acceptors (Lipinski definition) is 6. The first-order chi connectivity index (χ1) is 10.7. The van der Waals surface area contributed by atoms with Gasteiger partial charge < -0.3 is 19.7 Å². The minimum absolute atomic E-state index is 0.449. The molecule has 2 aromatic rings. The van der Waals surface area contributed by atoms with Crippen LogP contribution in [0.2, 0.25) is 0 Å². The number of halogens is 1. The van der Waals surface area contributed by atoms with Crippen LogP contribution in [0.25, 0.3) is 11.5 Å². The van der Waals surface area contributed by atoms with E-state index in [1.807, 2.05) is 12.1 Å². The molecule has 116 valence electrons. The Bertz CT molecular complexity index is 710. The molecule has 0 amide bonds. The second kappa shape index (κ2) is 5.24. The Morgan fingerprint density at radius 1 is 1.14 bits per heavy atom. The Kier molecular flexibility index (Phi) is 3.34. The molecule has 1 fully saturated rings. The highest BCUT2D eigenvalue weighted by Gasteiger charge is 2.36. The van der Waals surface area contributed by atoms with Crippen molar-refractivity contribution in [2.45, 2.75) is 31.2 Å². The van der Waals surface area contributed by atoms with E-state index in [2.05, 4.69) is 26.1 Å².